The molecule has 3 nitrogen and oxygen atoms in total. The third-order valence-corrected chi connectivity index (χ3v) is 7.12. The lowest BCUT2D eigenvalue weighted by molar-refractivity contribution is -0.147. The lowest BCUT2D eigenvalue weighted by Crippen LogP contribution is -2.24. The number of carbonyl (C=O) groups excluding carboxylic acids is 1. The number of halogens is 2. The molecular formula is C30H32F2O3. The molecule has 1 atom stereocenters. The minimum atomic E-state index is -0.885. The molecule has 0 heterocycles. The highest BCUT2D eigenvalue weighted by Crippen LogP contribution is 2.38. The minimum absolute atomic E-state index is 0.171. The molecule has 35 heavy (non-hydrogen) atoms. The van der Waals surface area contributed by atoms with Gasteiger partial charge in [-0.15, -0.1) is 0 Å². The highest BCUT2D eigenvalue weighted by molar-refractivity contribution is 5.75. The average Bonchev–Trinajstić information content (AvgIpc) is 2.86. The van der Waals surface area contributed by atoms with Gasteiger partial charge in [-0.25, -0.2) is 13.6 Å². The Morgan fingerprint density at radius 1 is 0.886 bits per heavy atom. The number of benzene rings is 3. The smallest absolute Gasteiger partial charge is 0.346 e. The first-order valence-electron chi connectivity index (χ1n) is 12.2. The van der Waals surface area contributed by atoms with E-state index in [-0.39, 0.29) is 11.1 Å². The van der Waals surface area contributed by atoms with Gasteiger partial charge in [-0.05, 0) is 72.9 Å². The van der Waals surface area contributed by atoms with Gasteiger partial charge in [0, 0.05) is 11.1 Å². The maximum absolute atomic E-state index is 15.2. The average molecular weight is 479 g/mol. The van der Waals surface area contributed by atoms with Gasteiger partial charge < -0.3 is 9.47 Å². The van der Waals surface area contributed by atoms with Crippen LogP contribution >= 0.6 is 0 Å². The minimum Gasteiger partial charge on any atom is -0.479 e. The lowest BCUT2D eigenvalue weighted by Gasteiger charge is -2.27. The van der Waals surface area contributed by atoms with Crippen molar-refractivity contribution in [1.29, 1.82) is 0 Å². The van der Waals surface area contributed by atoms with Crippen molar-refractivity contribution in [3.63, 3.8) is 0 Å². The SMILES string of the molecule is COC(=O)C(C)Oc1ccc(-c2ccc(-c3ccc(C4CCC(C)CC4)cc3C)c(F)c2F)cc1. The highest BCUT2D eigenvalue weighted by Gasteiger charge is 2.22. The number of methoxy groups -OCH3 is 1. The van der Waals surface area contributed by atoms with E-state index in [1.165, 1.54) is 38.4 Å². The normalized spacial score (nSPS) is 18.7. The van der Waals surface area contributed by atoms with E-state index in [1.54, 1.807) is 43.3 Å². The maximum atomic E-state index is 15.2. The molecule has 0 N–H and O–H groups in total. The first-order valence-corrected chi connectivity index (χ1v) is 12.2. The van der Waals surface area contributed by atoms with Crippen LogP contribution in [-0.2, 0) is 9.53 Å². The summed E-state index contributed by atoms with van der Waals surface area (Å²) >= 11 is 0. The summed E-state index contributed by atoms with van der Waals surface area (Å²) in [5, 5.41) is 0. The predicted octanol–water partition coefficient (Wildman–Crippen LogP) is 7.84. The maximum Gasteiger partial charge on any atom is 0.346 e. The van der Waals surface area contributed by atoms with Gasteiger partial charge in [-0.3, -0.25) is 0 Å². The molecule has 0 aromatic heterocycles. The number of ether oxygens (including phenoxy) is 2. The molecule has 0 amide bonds. The van der Waals surface area contributed by atoms with Gasteiger partial charge in [-0.1, -0.05) is 62.2 Å². The predicted molar refractivity (Wildman–Crippen MR) is 134 cm³/mol. The lowest BCUT2D eigenvalue weighted by atomic mass is 9.79. The first-order chi connectivity index (χ1) is 16.8. The van der Waals surface area contributed by atoms with E-state index in [2.05, 4.69) is 23.8 Å². The number of carbonyl (C=O) groups is 1. The van der Waals surface area contributed by atoms with Crippen molar-refractivity contribution in [3.8, 4) is 28.0 Å². The number of rotatable bonds is 6. The molecule has 4 rings (SSSR count). The zero-order chi connectivity index (χ0) is 25.1. The summed E-state index contributed by atoms with van der Waals surface area (Å²) in [5.41, 5.74) is 3.91. The zero-order valence-corrected chi connectivity index (χ0v) is 20.7. The van der Waals surface area contributed by atoms with Crippen molar-refractivity contribution < 1.29 is 23.0 Å². The van der Waals surface area contributed by atoms with Crippen LogP contribution in [0.1, 0.15) is 56.6 Å². The Balaban J connectivity index is 1.56. The Labute approximate surface area is 206 Å². The topological polar surface area (TPSA) is 35.5 Å². The first kappa shape index (κ1) is 24.9. The van der Waals surface area contributed by atoms with Gasteiger partial charge in [-0.2, -0.15) is 0 Å². The van der Waals surface area contributed by atoms with Crippen molar-refractivity contribution in [2.24, 2.45) is 5.92 Å². The molecule has 1 saturated carbocycles. The second-order valence-corrected chi connectivity index (χ2v) is 9.63. The van der Waals surface area contributed by atoms with Crippen molar-refractivity contribution >= 4 is 5.97 Å². The molecule has 1 fully saturated rings. The van der Waals surface area contributed by atoms with Crippen LogP contribution in [0.15, 0.2) is 54.6 Å². The third kappa shape index (κ3) is 5.39. The fourth-order valence-corrected chi connectivity index (χ4v) is 4.95. The number of hydrogen-bond acceptors (Lipinski definition) is 3. The third-order valence-electron chi connectivity index (χ3n) is 7.12. The van der Waals surface area contributed by atoms with Crippen LogP contribution in [0.3, 0.4) is 0 Å². The Hall–Kier alpha value is -3.21. The van der Waals surface area contributed by atoms with Crippen LogP contribution in [0.4, 0.5) is 8.78 Å². The summed E-state index contributed by atoms with van der Waals surface area (Å²) in [7, 11) is 1.29. The van der Waals surface area contributed by atoms with E-state index in [0.29, 0.717) is 22.8 Å². The summed E-state index contributed by atoms with van der Waals surface area (Å²) in [6, 6.07) is 15.9. The van der Waals surface area contributed by atoms with Gasteiger partial charge in [0.15, 0.2) is 17.7 Å². The second kappa shape index (κ2) is 10.6. The van der Waals surface area contributed by atoms with Crippen LogP contribution in [0.5, 0.6) is 5.75 Å². The molecule has 3 aromatic rings. The molecule has 1 unspecified atom stereocenters. The Morgan fingerprint density at radius 3 is 2.11 bits per heavy atom. The molecule has 3 aromatic carbocycles. The standard InChI is InChI=1S/C30H32F2O3/c1-18-5-7-21(8-6-18)23-11-14-25(19(2)17-23)27-16-15-26(28(31)29(27)32)22-9-12-24(13-10-22)35-20(3)30(33)34-4/h9-18,20-21H,5-8H2,1-4H3. The molecular weight excluding hydrogens is 446 g/mol. The van der Waals surface area contributed by atoms with E-state index in [4.69, 9.17) is 4.74 Å². The molecule has 0 saturated heterocycles. The summed E-state index contributed by atoms with van der Waals surface area (Å²) < 4.78 is 40.6. The van der Waals surface area contributed by atoms with Gasteiger partial charge >= 0.3 is 5.97 Å². The van der Waals surface area contributed by atoms with Gasteiger partial charge in [0.2, 0.25) is 0 Å². The summed E-state index contributed by atoms with van der Waals surface area (Å²) in [6.07, 6.45) is 4.08. The van der Waals surface area contributed by atoms with E-state index in [9.17, 15) is 4.79 Å². The monoisotopic (exact) mass is 478 g/mol. The Kier molecular flexibility index (Phi) is 7.54. The molecule has 1 aliphatic rings. The van der Waals surface area contributed by atoms with Crippen LogP contribution in [0.25, 0.3) is 22.3 Å². The molecule has 0 aliphatic heterocycles. The summed E-state index contributed by atoms with van der Waals surface area (Å²) in [4.78, 5) is 11.5. The highest BCUT2D eigenvalue weighted by atomic mass is 19.2. The molecule has 0 spiro atoms. The van der Waals surface area contributed by atoms with Crippen LogP contribution in [-0.4, -0.2) is 19.2 Å². The fraction of sp³-hybridized carbons (Fsp3) is 0.367. The second-order valence-electron chi connectivity index (χ2n) is 9.63. The molecule has 0 bridgehead atoms. The van der Waals surface area contributed by atoms with E-state index < -0.39 is 23.7 Å². The summed E-state index contributed by atoms with van der Waals surface area (Å²) in [5.74, 6) is -0.463. The van der Waals surface area contributed by atoms with Crippen molar-refractivity contribution in [1.82, 2.24) is 0 Å². The van der Waals surface area contributed by atoms with Crippen LogP contribution in [0, 0.1) is 24.5 Å². The zero-order valence-electron chi connectivity index (χ0n) is 20.7. The number of esters is 1. The van der Waals surface area contributed by atoms with E-state index in [0.717, 1.165) is 11.5 Å². The fourth-order valence-electron chi connectivity index (χ4n) is 4.95. The number of aryl methyl sites for hydroxylation is 1. The van der Waals surface area contributed by atoms with Crippen molar-refractivity contribution in [2.75, 3.05) is 7.11 Å². The Bertz CT molecular complexity index is 1190. The molecule has 1 aliphatic carbocycles. The molecule has 5 heteroatoms. The number of hydrogen-bond donors (Lipinski definition) is 0. The van der Waals surface area contributed by atoms with Gasteiger partial charge in [0.1, 0.15) is 5.75 Å². The van der Waals surface area contributed by atoms with Gasteiger partial charge in [0.25, 0.3) is 0 Å². The van der Waals surface area contributed by atoms with Crippen molar-refractivity contribution in [3.05, 3.63) is 77.4 Å². The Morgan fingerprint density at radius 2 is 1.49 bits per heavy atom. The van der Waals surface area contributed by atoms with Crippen LogP contribution < -0.4 is 4.74 Å². The van der Waals surface area contributed by atoms with Crippen molar-refractivity contribution in [2.45, 2.75) is 58.5 Å². The summed E-state index contributed by atoms with van der Waals surface area (Å²) in [6.45, 7) is 5.85. The van der Waals surface area contributed by atoms with Gasteiger partial charge in [0.05, 0.1) is 7.11 Å². The quantitative estimate of drug-likeness (QED) is 0.339. The molecule has 0 radical (unpaired) electrons. The molecule has 184 valence electrons. The van der Waals surface area contributed by atoms with E-state index >= 15 is 8.78 Å². The largest absolute Gasteiger partial charge is 0.479 e. The van der Waals surface area contributed by atoms with Crippen LogP contribution in [0.2, 0.25) is 0 Å². The van der Waals surface area contributed by atoms with E-state index in [1.807, 2.05) is 13.0 Å².